The Morgan fingerprint density at radius 3 is 2.08 bits per heavy atom. The highest BCUT2D eigenvalue weighted by molar-refractivity contribution is 7.99. The van der Waals surface area contributed by atoms with Gasteiger partial charge in [-0.15, -0.1) is 11.8 Å². The van der Waals surface area contributed by atoms with Gasteiger partial charge in [0.1, 0.15) is 29.9 Å². The van der Waals surface area contributed by atoms with Gasteiger partial charge in [0, 0.05) is 12.8 Å². The normalized spacial score (nSPS) is 49.3. The van der Waals surface area contributed by atoms with Crippen LogP contribution < -0.4 is 0 Å². The molecule has 0 saturated carbocycles. The molecule has 26 heavy (non-hydrogen) atoms. The van der Waals surface area contributed by atoms with Crippen LogP contribution in [-0.4, -0.2) is 77.2 Å². The minimum atomic E-state index is -0.993. The molecule has 150 valence electrons. The number of hydrogen-bond acceptors (Lipinski definition) is 8. The van der Waals surface area contributed by atoms with Gasteiger partial charge < -0.3 is 33.9 Å². The van der Waals surface area contributed by atoms with Crippen molar-refractivity contribution in [1.82, 2.24) is 0 Å². The molecule has 2 spiro atoms. The summed E-state index contributed by atoms with van der Waals surface area (Å²) in [6, 6.07) is 0. The molecule has 4 rings (SSSR count). The average Bonchev–Trinajstić information content (AvgIpc) is 2.67. The van der Waals surface area contributed by atoms with Gasteiger partial charge in [-0.25, -0.2) is 0 Å². The zero-order chi connectivity index (χ0) is 18.2. The van der Waals surface area contributed by atoms with Crippen LogP contribution in [0.25, 0.3) is 0 Å². The Labute approximate surface area is 158 Å². The quantitative estimate of drug-likeness (QED) is 0.748. The average molecular weight is 390 g/mol. The number of aliphatic hydroxyl groups excluding tert-OH is 2. The van der Waals surface area contributed by atoms with Gasteiger partial charge in [-0.2, -0.15) is 0 Å². The highest BCUT2D eigenvalue weighted by Gasteiger charge is 2.67. The highest BCUT2D eigenvalue weighted by Crippen LogP contribution is 2.52. The number of aliphatic hydroxyl groups is 2. The van der Waals surface area contributed by atoms with Crippen LogP contribution in [0.1, 0.15) is 45.4 Å². The second-order valence-corrected chi connectivity index (χ2v) is 8.83. The monoisotopic (exact) mass is 390 g/mol. The standard InChI is InChI=1S/C18H30O7S/c1-2-26-16-15-14(13(20)12(11-19)23-16)24-17(7-3-5-9-21-17)18(25-15)8-4-6-10-22-18/h12-16,19-20H,2-11H2,1H3/t12-,13+,14+,15-,16+,17-,18-/m1/s1. The van der Waals surface area contributed by atoms with Crippen molar-refractivity contribution in [2.24, 2.45) is 0 Å². The second-order valence-electron chi connectivity index (χ2n) is 7.45. The minimum absolute atomic E-state index is 0.260. The summed E-state index contributed by atoms with van der Waals surface area (Å²) in [5.74, 6) is -1.11. The molecular formula is C18H30O7S. The van der Waals surface area contributed by atoms with E-state index in [1.54, 1.807) is 11.8 Å². The summed E-state index contributed by atoms with van der Waals surface area (Å²) < 4.78 is 31.4. The lowest BCUT2D eigenvalue weighted by Crippen LogP contribution is -2.75. The maximum atomic E-state index is 10.8. The second kappa shape index (κ2) is 7.83. The van der Waals surface area contributed by atoms with E-state index in [1.165, 1.54) is 0 Å². The number of fused-ring (bicyclic) bond motifs is 2. The van der Waals surface area contributed by atoms with Gasteiger partial charge >= 0.3 is 0 Å². The smallest absolute Gasteiger partial charge is 0.224 e. The first-order valence-electron chi connectivity index (χ1n) is 9.84. The minimum Gasteiger partial charge on any atom is -0.394 e. The summed E-state index contributed by atoms with van der Waals surface area (Å²) in [4.78, 5) is 0. The lowest BCUT2D eigenvalue weighted by molar-refractivity contribution is -0.496. The Balaban J connectivity index is 1.67. The van der Waals surface area contributed by atoms with Crippen molar-refractivity contribution in [2.75, 3.05) is 25.6 Å². The van der Waals surface area contributed by atoms with E-state index in [0.29, 0.717) is 26.1 Å². The molecule has 0 aromatic carbocycles. The van der Waals surface area contributed by atoms with Gasteiger partial charge in [0.25, 0.3) is 0 Å². The fraction of sp³-hybridized carbons (Fsp3) is 1.00. The van der Waals surface area contributed by atoms with Crippen molar-refractivity contribution in [2.45, 2.75) is 86.9 Å². The van der Waals surface area contributed by atoms with Crippen molar-refractivity contribution in [1.29, 1.82) is 0 Å². The lowest BCUT2D eigenvalue weighted by atomic mass is 9.86. The Morgan fingerprint density at radius 2 is 1.58 bits per heavy atom. The summed E-state index contributed by atoms with van der Waals surface area (Å²) >= 11 is 1.60. The molecule has 0 bridgehead atoms. The predicted molar refractivity (Wildman–Crippen MR) is 94.7 cm³/mol. The fourth-order valence-corrected chi connectivity index (χ4v) is 5.49. The van der Waals surface area contributed by atoms with E-state index < -0.39 is 36.0 Å². The molecule has 4 fully saturated rings. The van der Waals surface area contributed by atoms with E-state index in [1.807, 2.05) is 6.92 Å². The van der Waals surface area contributed by atoms with Gasteiger partial charge in [-0.05, 0) is 31.4 Å². The predicted octanol–water partition coefficient (Wildman–Crippen LogP) is 1.40. The molecule has 0 unspecified atom stereocenters. The summed E-state index contributed by atoms with van der Waals surface area (Å²) in [5, 5.41) is 20.4. The third kappa shape index (κ3) is 3.12. The molecule has 8 heteroatoms. The molecule has 4 heterocycles. The molecule has 4 saturated heterocycles. The fourth-order valence-electron chi connectivity index (χ4n) is 4.54. The Hall–Kier alpha value is 0.0700. The van der Waals surface area contributed by atoms with Crippen molar-refractivity contribution in [3.8, 4) is 0 Å². The summed E-state index contributed by atoms with van der Waals surface area (Å²) in [6.07, 6.45) is 2.58. The van der Waals surface area contributed by atoms with Crippen LogP contribution in [-0.2, 0) is 23.7 Å². The first kappa shape index (κ1) is 19.4. The molecule has 7 atom stereocenters. The molecule has 0 aliphatic carbocycles. The van der Waals surface area contributed by atoms with Crippen LogP contribution in [0.5, 0.6) is 0 Å². The largest absolute Gasteiger partial charge is 0.394 e. The Morgan fingerprint density at radius 1 is 0.962 bits per heavy atom. The molecule has 4 aliphatic heterocycles. The van der Waals surface area contributed by atoms with Gasteiger partial charge in [0.2, 0.25) is 11.6 Å². The van der Waals surface area contributed by atoms with Gasteiger partial charge in [-0.3, -0.25) is 0 Å². The molecular weight excluding hydrogens is 360 g/mol. The number of ether oxygens (including phenoxy) is 5. The third-order valence-electron chi connectivity index (χ3n) is 5.83. The Bertz CT molecular complexity index is 452. The van der Waals surface area contributed by atoms with Crippen LogP contribution >= 0.6 is 11.8 Å². The topological polar surface area (TPSA) is 86.6 Å². The number of thioether (sulfide) groups is 1. The molecule has 0 radical (unpaired) electrons. The van der Waals surface area contributed by atoms with Crippen molar-refractivity contribution >= 4 is 11.8 Å². The zero-order valence-corrected chi connectivity index (χ0v) is 16.1. The van der Waals surface area contributed by atoms with Crippen molar-refractivity contribution in [3.05, 3.63) is 0 Å². The first-order valence-corrected chi connectivity index (χ1v) is 10.9. The van der Waals surface area contributed by atoms with E-state index in [4.69, 9.17) is 23.7 Å². The number of hydrogen-bond donors (Lipinski definition) is 2. The van der Waals surface area contributed by atoms with Crippen molar-refractivity contribution < 1.29 is 33.9 Å². The molecule has 7 nitrogen and oxygen atoms in total. The van der Waals surface area contributed by atoms with Gasteiger partial charge in [0.05, 0.1) is 19.8 Å². The van der Waals surface area contributed by atoms with Crippen LogP contribution in [0.15, 0.2) is 0 Å². The van der Waals surface area contributed by atoms with E-state index in [0.717, 1.165) is 31.4 Å². The SMILES string of the molecule is CCS[C@@H]1O[C@H](CO)[C@H](O)[C@@H]2O[C@]3(CCCCO3)[C@@]3(CCCCO3)O[C@H]21. The maximum absolute atomic E-state index is 10.8. The van der Waals surface area contributed by atoms with E-state index in [9.17, 15) is 10.2 Å². The van der Waals surface area contributed by atoms with Crippen LogP contribution in [0.3, 0.4) is 0 Å². The van der Waals surface area contributed by atoms with Crippen LogP contribution in [0.2, 0.25) is 0 Å². The summed E-state index contributed by atoms with van der Waals surface area (Å²) in [6.45, 7) is 2.99. The molecule has 0 aromatic rings. The van der Waals surface area contributed by atoms with Crippen LogP contribution in [0.4, 0.5) is 0 Å². The van der Waals surface area contributed by atoms with Gasteiger partial charge in [-0.1, -0.05) is 6.92 Å². The lowest BCUT2D eigenvalue weighted by Gasteiger charge is -2.60. The third-order valence-corrected chi connectivity index (χ3v) is 6.87. The molecule has 2 N–H and O–H groups in total. The zero-order valence-electron chi connectivity index (χ0n) is 15.3. The van der Waals surface area contributed by atoms with E-state index >= 15 is 0 Å². The molecule has 0 amide bonds. The molecule has 0 aromatic heterocycles. The Kier molecular flexibility index (Phi) is 5.84. The summed E-state index contributed by atoms with van der Waals surface area (Å²) in [7, 11) is 0. The molecule has 4 aliphatic rings. The van der Waals surface area contributed by atoms with E-state index in [2.05, 4.69) is 0 Å². The number of rotatable bonds is 3. The maximum Gasteiger partial charge on any atom is 0.224 e. The summed E-state index contributed by atoms with van der Waals surface area (Å²) in [5.41, 5.74) is -0.325. The van der Waals surface area contributed by atoms with E-state index in [-0.39, 0.29) is 12.0 Å². The van der Waals surface area contributed by atoms with Crippen molar-refractivity contribution in [3.63, 3.8) is 0 Å². The van der Waals surface area contributed by atoms with Gasteiger partial charge in [0.15, 0.2) is 0 Å². The highest BCUT2D eigenvalue weighted by atomic mass is 32.2. The van der Waals surface area contributed by atoms with Crippen LogP contribution in [0, 0.1) is 0 Å². The first-order chi connectivity index (χ1) is 12.6.